The van der Waals surface area contributed by atoms with Crippen molar-refractivity contribution in [3.8, 4) is 0 Å². The van der Waals surface area contributed by atoms with Crippen LogP contribution >= 0.6 is 0 Å². The van der Waals surface area contributed by atoms with Crippen LogP contribution in [0.5, 0.6) is 0 Å². The Morgan fingerprint density at radius 1 is 1.04 bits per heavy atom. The lowest BCUT2D eigenvalue weighted by Gasteiger charge is -2.14. The fourth-order valence-corrected chi connectivity index (χ4v) is 3.65. The molecule has 0 heterocycles. The Bertz CT molecular complexity index is 761. The second-order valence-electron chi connectivity index (χ2n) is 5.85. The molecule has 0 aliphatic heterocycles. The molecule has 1 N–H and O–H groups in total. The maximum absolute atomic E-state index is 12.2. The molecule has 0 bridgehead atoms. The fraction of sp³-hybridized carbons (Fsp3) is 0.316. The van der Waals surface area contributed by atoms with E-state index >= 15 is 0 Å². The van der Waals surface area contributed by atoms with Gasteiger partial charge in [0, 0.05) is 6.04 Å². The maximum Gasteiger partial charge on any atom is 0.307 e. The van der Waals surface area contributed by atoms with E-state index in [1.54, 1.807) is 25.1 Å². The van der Waals surface area contributed by atoms with Gasteiger partial charge in [-0.25, -0.2) is 13.1 Å². The van der Waals surface area contributed by atoms with Crippen molar-refractivity contribution in [2.45, 2.75) is 37.1 Å². The van der Waals surface area contributed by atoms with Crippen molar-refractivity contribution in [1.29, 1.82) is 0 Å². The number of nitrogens with one attached hydrogen (secondary N) is 1. The van der Waals surface area contributed by atoms with Crippen molar-refractivity contribution < 1.29 is 17.9 Å². The predicted octanol–water partition coefficient (Wildman–Crippen LogP) is 2.92. The van der Waals surface area contributed by atoms with Gasteiger partial charge in [-0.05, 0) is 37.5 Å². The number of hydrogen-bond acceptors (Lipinski definition) is 4. The van der Waals surface area contributed by atoms with Gasteiger partial charge in [0.1, 0.15) is 0 Å². The van der Waals surface area contributed by atoms with Gasteiger partial charge < -0.3 is 4.74 Å². The van der Waals surface area contributed by atoms with E-state index in [0.717, 1.165) is 12.8 Å². The molecule has 2 rings (SSSR count). The summed E-state index contributed by atoms with van der Waals surface area (Å²) in [5.74, 6) is -0.406. The van der Waals surface area contributed by atoms with Crippen LogP contribution in [0, 0.1) is 0 Å². The molecule has 25 heavy (non-hydrogen) atoms. The molecule has 0 spiro atoms. The molecule has 0 aliphatic carbocycles. The zero-order valence-electron chi connectivity index (χ0n) is 14.2. The first-order chi connectivity index (χ1) is 12.0. The summed E-state index contributed by atoms with van der Waals surface area (Å²) in [5, 5.41) is 0. The highest BCUT2D eigenvalue weighted by Gasteiger charge is 2.19. The summed E-state index contributed by atoms with van der Waals surface area (Å²) < 4.78 is 32.0. The summed E-state index contributed by atoms with van der Waals surface area (Å²) in [5.41, 5.74) is 1.20. The smallest absolute Gasteiger partial charge is 0.307 e. The molecule has 5 nitrogen and oxygen atoms in total. The van der Waals surface area contributed by atoms with Gasteiger partial charge in [-0.1, -0.05) is 48.5 Å². The third kappa shape index (κ3) is 6.68. The molecule has 0 saturated carbocycles. The van der Waals surface area contributed by atoms with Crippen molar-refractivity contribution in [1.82, 2.24) is 4.72 Å². The van der Waals surface area contributed by atoms with Gasteiger partial charge in [-0.3, -0.25) is 4.79 Å². The van der Waals surface area contributed by atoms with Crippen LogP contribution in [0.1, 0.15) is 25.3 Å². The number of carbonyl (C=O) groups excluding carboxylic acids is 1. The lowest BCUT2D eigenvalue weighted by Crippen LogP contribution is -2.34. The summed E-state index contributed by atoms with van der Waals surface area (Å²) in [6, 6.07) is 17.5. The molecular weight excluding hydrogens is 338 g/mol. The molecule has 134 valence electrons. The average molecular weight is 361 g/mol. The monoisotopic (exact) mass is 361 g/mol. The van der Waals surface area contributed by atoms with Crippen molar-refractivity contribution >= 4 is 16.0 Å². The van der Waals surface area contributed by atoms with Gasteiger partial charge in [-0.2, -0.15) is 0 Å². The molecule has 0 saturated heterocycles. The Hall–Kier alpha value is -2.18. The normalized spacial score (nSPS) is 12.5. The van der Waals surface area contributed by atoms with Crippen LogP contribution < -0.4 is 4.72 Å². The van der Waals surface area contributed by atoms with Crippen molar-refractivity contribution in [3.63, 3.8) is 0 Å². The Morgan fingerprint density at radius 2 is 1.64 bits per heavy atom. The van der Waals surface area contributed by atoms with E-state index in [1.807, 2.05) is 30.3 Å². The van der Waals surface area contributed by atoms with Gasteiger partial charge >= 0.3 is 5.97 Å². The van der Waals surface area contributed by atoms with Gasteiger partial charge in [0.05, 0.1) is 17.9 Å². The minimum absolute atomic E-state index is 0.00258. The largest absolute Gasteiger partial charge is 0.466 e. The summed E-state index contributed by atoms with van der Waals surface area (Å²) >= 11 is 0. The number of rotatable bonds is 9. The van der Waals surface area contributed by atoms with Crippen LogP contribution in [0.3, 0.4) is 0 Å². The topological polar surface area (TPSA) is 72.5 Å². The fourth-order valence-electron chi connectivity index (χ4n) is 2.39. The maximum atomic E-state index is 12.2. The molecule has 6 heteroatoms. The van der Waals surface area contributed by atoms with Gasteiger partial charge in [0.25, 0.3) is 0 Å². The lowest BCUT2D eigenvalue weighted by atomic mass is 10.1. The van der Waals surface area contributed by atoms with Gasteiger partial charge in [0.15, 0.2) is 0 Å². The van der Waals surface area contributed by atoms with Crippen LogP contribution in [0.2, 0.25) is 0 Å². The molecule has 1 atom stereocenters. The molecule has 0 radical (unpaired) electrons. The summed E-state index contributed by atoms with van der Waals surface area (Å²) in [6.45, 7) is 1.97. The highest BCUT2D eigenvalue weighted by atomic mass is 32.2. The van der Waals surface area contributed by atoms with Gasteiger partial charge in [0.2, 0.25) is 10.0 Å². The molecule has 0 aliphatic rings. The van der Waals surface area contributed by atoms with Crippen LogP contribution in [0.15, 0.2) is 65.6 Å². The van der Waals surface area contributed by atoms with Crippen molar-refractivity contribution in [3.05, 3.63) is 66.2 Å². The standard InChI is InChI=1S/C19H23NO4S/c1-16(20-25(22,23)18-12-6-3-7-13-18)15-19(21)24-14-8-11-17-9-4-2-5-10-17/h2-7,9-10,12-13,16,20H,8,11,14-15H2,1H3. The Kier molecular flexibility index (Phi) is 7.16. The number of esters is 1. The molecule has 2 aromatic rings. The van der Waals surface area contributed by atoms with E-state index in [1.165, 1.54) is 17.7 Å². The molecule has 0 amide bonds. The Morgan fingerprint density at radius 3 is 2.28 bits per heavy atom. The number of ether oxygens (including phenoxy) is 1. The Balaban J connectivity index is 1.71. The number of sulfonamides is 1. The van der Waals surface area contributed by atoms with Crippen LogP contribution in [-0.4, -0.2) is 27.0 Å². The van der Waals surface area contributed by atoms with Crippen molar-refractivity contribution in [2.24, 2.45) is 0 Å². The number of carbonyl (C=O) groups is 1. The first-order valence-electron chi connectivity index (χ1n) is 8.24. The van der Waals surface area contributed by atoms with E-state index in [2.05, 4.69) is 4.72 Å². The number of benzene rings is 2. The molecule has 2 aromatic carbocycles. The first kappa shape index (κ1) is 19.1. The zero-order chi connectivity index (χ0) is 18.1. The second kappa shape index (κ2) is 9.34. The van der Waals surface area contributed by atoms with Crippen LogP contribution in [-0.2, 0) is 26.0 Å². The van der Waals surface area contributed by atoms with E-state index in [0.29, 0.717) is 6.61 Å². The van der Waals surface area contributed by atoms with E-state index < -0.39 is 22.0 Å². The Labute approximate surface area is 149 Å². The highest BCUT2D eigenvalue weighted by molar-refractivity contribution is 7.89. The minimum Gasteiger partial charge on any atom is -0.466 e. The third-order valence-corrected chi connectivity index (χ3v) is 5.20. The zero-order valence-corrected chi connectivity index (χ0v) is 15.0. The van der Waals surface area contributed by atoms with E-state index in [9.17, 15) is 13.2 Å². The quantitative estimate of drug-likeness (QED) is 0.551. The van der Waals surface area contributed by atoms with Crippen LogP contribution in [0.25, 0.3) is 0 Å². The van der Waals surface area contributed by atoms with E-state index in [4.69, 9.17) is 4.74 Å². The highest BCUT2D eigenvalue weighted by Crippen LogP contribution is 2.09. The predicted molar refractivity (Wildman–Crippen MR) is 96.6 cm³/mol. The second-order valence-corrected chi connectivity index (χ2v) is 7.56. The number of aryl methyl sites for hydroxylation is 1. The minimum atomic E-state index is -3.62. The van der Waals surface area contributed by atoms with Crippen molar-refractivity contribution in [2.75, 3.05) is 6.61 Å². The van der Waals surface area contributed by atoms with Gasteiger partial charge in [-0.15, -0.1) is 0 Å². The number of hydrogen-bond donors (Lipinski definition) is 1. The van der Waals surface area contributed by atoms with E-state index in [-0.39, 0.29) is 11.3 Å². The summed E-state index contributed by atoms with van der Waals surface area (Å²) in [4.78, 5) is 12.0. The summed E-state index contributed by atoms with van der Waals surface area (Å²) in [7, 11) is -3.62. The molecular formula is C19H23NO4S. The lowest BCUT2D eigenvalue weighted by molar-refractivity contribution is -0.144. The third-order valence-electron chi connectivity index (χ3n) is 3.60. The molecule has 0 aromatic heterocycles. The SMILES string of the molecule is CC(CC(=O)OCCCc1ccccc1)NS(=O)(=O)c1ccccc1. The first-order valence-corrected chi connectivity index (χ1v) is 9.72. The molecule has 1 unspecified atom stereocenters. The molecule has 0 fully saturated rings. The summed E-state index contributed by atoms with van der Waals surface area (Å²) in [6.07, 6.45) is 1.57. The average Bonchev–Trinajstić information content (AvgIpc) is 2.60. The van der Waals surface area contributed by atoms with Crippen LogP contribution in [0.4, 0.5) is 0 Å².